The zero-order chi connectivity index (χ0) is 19.1. The summed E-state index contributed by atoms with van der Waals surface area (Å²) < 4.78 is 1.21. The largest absolute Gasteiger partial charge is 0.324 e. The molecule has 27 heavy (non-hydrogen) atoms. The lowest BCUT2D eigenvalue weighted by Gasteiger charge is -2.17. The van der Waals surface area contributed by atoms with Crippen LogP contribution in [0.5, 0.6) is 0 Å². The molecule has 1 aromatic carbocycles. The number of hydrogen-bond acceptors (Lipinski definition) is 5. The van der Waals surface area contributed by atoms with Crippen molar-refractivity contribution in [1.29, 1.82) is 0 Å². The summed E-state index contributed by atoms with van der Waals surface area (Å²) in [4.78, 5) is 27.6. The summed E-state index contributed by atoms with van der Waals surface area (Å²) in [7, 11) is 0. The first-order valence-electron chi connectivity index (χ1n) is 9.21. The number of fused-ring (bicyclic) bond motifs is 3. The Labute approximate surface area is 161 Å². The van der Waals surface area contributed by atoms with Crippen LogP contribution in [-0.2, 0) is 17.6 Å². The Balaban J connectivity index is 1.66. The second-order valence-corrected chi connectivity index (χ2v) is 8.49. The van der Waals surface area contributed by atoms with Gasteiger partial charge in [-0.05, 0) is 56.7 Å². The first-order chi connectivity index (χ1) is 12.9. The maximum Gasteiger partial charge on any atom is 0.279 e. The molecule has 3 aromatic rings. The molecular weight excluding hydrogens is 360 g/mol. The summed E-state index contributed by atoms with van der Waals surface area (Å²) in [6, 6.07) is 6.80. The fourth-order valence-corrected chi connectivity index (χ4v) is 4.84. The van der Waals surface area contributed by atoms with Crippen molar-refractivity contribution in [3.8, 4) is 0 Å². The highest BCUT2D eigenvalue weighted by Gasteiger charge is 2.26. The van der Waals surface area contributed by atoms with E-state index in [0.717, 1.165) is 30.4 Å². The second kappa shape index (κ2) is 6.88. The van der Waals surface area contributed by atoms with Gasteiger partial charge in [0, 0.05) is 10.6 Å². The number of thiophene rings is 1. The van der Waals surface area contributed by atoms with Crippen molar-refractivity contribution in [2.75, 3.05) is 5.32 Å². The molecular formula is C20H22N4O2S. The topological polar surface area (TPSA) is 76.9 Å². The average Bonchev–Trinajstić information content (AvgIpc) is 3.01. The fraction of sp³-hybridized carbons (Fsp3) is 0.400. The molecule has 2 aromatic heterocycles. The van der Waals surface area contributed by atoms with Crippen molar-refractivity contribution in [2.24, 2.45) is 5.92 Å². The summed E-state index contributed by atoms with van der Waals surface area (Å²) >= 11 is 1.56. The predicted molar refractivity (Wildman–Crippen MR) is 107 cm³/mol. The Bertz CT molecular complexity index is 1070. The number of aromatic nitrogens is 3. The third kappa shape index (κ3) is 3.27. The molecule has 4 rings (SSSR count). The third-order valence-corrected chi connectivity index (χ3v) is 6.35. The van der Waals surface area contributed by atoms with Crippen LogP contribution in [0.15, 0.2) is 29.1 Å². The molecule has 1 amide bonds. The van der Waals surface area contributed by atoms with E-state index in [2.05, 4.69) is 22.6 Å². The number of aryl methyl sites for hydroxylation is 2. The number of benzene rings is 1. The maximum absolute atomic E-state index is 13.1. The van der Waals surface area contributed by atoms with Gasteiger partial charge in [-0.2, -0.15) is 4.68 Å². The van der Waals surface area contributed by atoms with E-state index in [9.17, 15) is 9.59 Å². The van der Waals surface area contributed by atoms with Crippen molar-refractivity contribution in [1.82, 2.24) is 15.0 Å². The van der Waals surface area contributed by atoms with Crippen LogP contribution in [0.25, 0.3) is 10.2 Å². The lowest BCUT2D eigenvalue weighted by molar-refractivity contribution is -0.119. The summed E-state index contributed by atoms with van der Waals surface area (Å²) in [5.41, 5.74) is 2.69. The van der Waals surface area contributed by atoms with Crippen LogP contribution < -0.4 is 10.9 Å². The van der Waals surface area contributed by atoms with Crippen molar-refractivity contribution >= 4 is 33.1 Å². The zero-order valence-corrected chi connectivity index (χ0v) is 16.5. The number of hydrogen-bond donors (Lipinski definition) is 1. The van der Waals surface area contributed by atoms with E-state index in [1.54, 1.807) is 18.3 Å². The molecule has 0 unspecified atom stereocenters. The van der Waals surface area contributed by atoms with Gasteiger partial charge in [-0.25, -0.2) is 0 Å². The second-order valence-electron chi connectivity index (χ2n) is 7.40. The molecule has 1 N–H and O–H groups in total. The van der Waals surface area contributed by atoms with Gasteiger partial charge in [-0.3, -0.25) is 9.59 Å². The van der Waals surface area contributed by atoms with Crippen LogP contribution in [-0.4, -0.2) is 20.9 Å². The predicted octanol–water partition coefficient (Wildman–Crippen LogP) is 3.49. The average molecular weight is 382 g/mol. The minimum absolute atomic E-state index is 0.224. The van der Waals surface area contributed by atoms with Gasteiger partial charge in [-0.1, -0.05) is 29.8 Å². The minimum Gasteiger partial charge on any atom is -0.324 e. The van der Waals surface area contributed by atoms with Gasteiger partial charge in [0.25, 0.3) is 5.56 Å². The maximum atomic E-state index is 13.1. The van der Waals surface area contributed by atoms with E-state index in [4.69, 9.17) is 0 Å². The number of rotatable bonds is 3. The van der Waals surface area contributed by atoms with E-state index in [1.165, 1.54) is 9.56 Å². The molecule has 0 saturated carbocycles. The minimum atomic E-state index is -0.742. The highest BCUT2D eigenvalue weighted by Crippen LogP contribution is 2.35. The van der Waals surface area contributed by atoms with Crippen LogP contribution in [0, 0.1) is 12.8 Å². The van der Waals surface area contributed by atoms with Gasteiger partial charge in [-0.15, -0.1) is 16.4 Å². The molecule has 0 aliphatic heterocycles. The zero-order valence-electron chi connectivity index (χ0n) is 15.7. The third-order valence-electron chi connectivity index (χ3n) is 5.21. The molecule has 0 spiro atoms. The Morgan fingerprint density at radius 1 is 1.33 bits per heavy atom. The quantitative estimate of drug-likeness (QED) is 0.752. The van der Waals surface area contributed by atoms with Crippen molar-refractivity contribution in [2.45, 2.75) is 46.1 Å². The van der Waals surface area contributed by atoms with Crippen molar-refractivity contribution in [3.63, 3.8) is 0 Å². The summed E-state index contributed by atoms with van der Waals surface area (Å²) in [6.07, 6.45) is 2.95. The van der Waals surface area contributed by atoms with Gasteiger partial charge >= 0.3 is 0 Å². The lowest BCUT2D eigenvalue weighted by atomic mass is 9.89. The molecule has 2 atom stereocenters. The van der Waals surface area contributed by atoms with Gasteiger partial charge < -0.3 is 5.32 Å². The Kier molecular flexibility index (Phi) is 4.55. The molecule has 1 aliphatic rings. The fourth-order valence-electron chi connectivity index (χ4n) is 3.52. The van der Waals surface area contributed by atoms with E-state index in [1.807, 2.05) is 31.2 Å². The molecule has 0 radical (unpaired) electrons. The van der Waals surface area contributed by atoms with Crippen LogP contribution >= 0.6 is 11.3 Å². The number of carbonyl (C=O) groups is 1. The van der Waals surface area contributed by atoms with Crippen LogP contribution in [0.4, 0.5) is 5.69 Å². The SMILES string of the molecule is Cc1ccc(NC(=O)[C@@H](C)n2nnc3sc4c(c3c2=O)CC[C@H](C)C4)cc1. The van der Waals surface area contributed by atoms with E-state index in [-0.39, 0.29) is 11.5 Å². The molecule has 140 valence electrons. The number of nitrogens with one attached hydrogen (secondary N) is 1. The Hall–Kier alpha value is -2.54. The Morgan fingerprint density at radius 3 is 2.81 bits per heavy atom. The normalized spacial score (nSPS) is 17.5. The monoisotopic (exact) mass is 382 g/mol. The number of amides is 1. The van der Waals surface area contributed by atoms with Gasteiger partial charge in [0.15, 0.2) is 4.83 Å². The standard InChI is InChI=1S/C20H22N4O2S/c1-11-4-7-14(8-5-11)21-18(25)13(3)24-20(26)17-15-9-6-12(2)10-16(15)27-19(17)22-23-24/h4-5,7-8,12-13H,6,9-10H2,1-3H3,(H,21,25)/t12-,13+/m0/s1. The van der Waals surface area contributed by atoms with E-state index in [0.29, 0.717) is 21.8 Å². The number of nitrogens with zero attached hydrogens (tertiary/aromatic N) is 3. The first kappa shape index (κ1) is 17.9. The molecule has 0 bridgehead atoms. The smallest absolute Gasteiger partial charge is 0.279 e. The van der Waals surface area contributed by atoms with Gasteiger partial charge in [0.2, 0.25) is 5.91 Å². The van der Waals surface area contributed by atoms with Gasteiger partial charge in [0.1, 0.15) is 6.04 Å². The molecule has 1 aliphatic carbocycles. The lowest BCUT2D eigenvalue weighted by Crippen LogP contribution is -2.34. The highest BCUT2D eigenvalue weighted by molar-refractivity contribution is 7.18. The highest BCUT2D eigenvalue weighted by atomic mass is 32.1. The van der Waals surface area contributed by atoms with E-state index >= 15 is 0 Å². The number of anilines is 1. The molecule has 6 nitrogen and oxygen atoms in total. The Morgan fingerprint density at radius 2 is 2.07 bits per heavy atom. The van der Waals surface area contributed by atoms with Gasteiger partial charge in [0.05, 0.1) is 5.39 Å². The summed E-state index contributed by atoms with van der Waals surface area (Å²) in [6.45, 7) is 5.89. The molecule has 0 saturated heterocycles. The van der Waals surface area contributed by atoms with Crippen LogP contribution in [0.2, 0.25) is 0 Å². The van der Waals surface area contributed by atoms with Crippen LogP contribution in [0.3, 0.4) is 0 Å². The summed E-state index contributed by atoms with van der Waals surface area (Å²) in [5, 5.41) is 11.8. The summed E-state index contributed by atoms with van der Waals surface area (Å²) in [5.74, 6) is 0.340. The van der Waals surface area contributed by atoms with Crippen molar-refractivity contribution in [3.05, 3.63) is 50.6 Å². The molecule has 0 fully saturated rings. The van der Waals surface area contributed by atoms with Crippen LogP contribution in [0.1, 0.15) is 42.3 Å². The number of carbonyl (C=O) groups excluding carboxylic acids is 1. The molecule has 7 heteroatoms. The first-order valence-corrected chi connectivity index (χ1v) is 10.0. The molecule has 2 heterocycles. The van der Waals surface area contributed by atoms with Crippen molar-refractivity contribution < 1.29 is 4.79 Å². The van der Waals surface area contributed by atoms with E-state index < -0.39 is 6.04 Å².